The van der Waals surface area contributed by atoms with E-state index in [1.54, 1.807) is 43.6 Å². The number of pyridine rings is 1. The van der Waals surface area contributed by atoms with E-state index < -0.39 is 5.56 Å². The number of carbonyl (C=O) groups is 1. The summed E-state index contributed by atoms with van der Waals surface area (Å²) in [7, 11) is 1.56. The minimum Gasteiger partial charge on any atom is -0.497 e. The average Bonchev–Trinajstić information content (AvgIpc) is 3.48. The van der Waals surface area contributed by atoms with E-state index in [-0.39, 0.29) is 11.6 Å². The monoisotopic (exact) mass is 551 g/mol. The molecule has 0 atom stereocenters. The number of thioether (sulfide) groups is 1. The molecule has 5 aromatic rings. The second-order valence-corrected chi connectivity index (χ2v) is 10.3. The Labute approximate surface area is 232 Å². The molecule has 0 fully saturated rings. The third-order valence-corrected chi connectivity index (χ3v) is 7.71. The van der Waals surface area contributed by atoms with Gasteiger partial charge in [0.05, 0.1) is 34.8 Å². The second kappa shape index (κ2) is 11.8. The van der Waals surface area contributed by atoms with Crippen LogP contribution in [-0.4, -0.2) is 28.0 Å². The Morgan fingerprint density at radius 1 is 1.10 bits per heavy atom. The smallest absolute Gasteiger partial charge is 0.276 e. The molecule has 39 heavy (non-hydrogen) atoms. The fourth-order valence-corrected chi connectivity index (χ4v) is 5.42. The molecule has 5 rings (SSSR count). The Balaban J connectivity index is 1.25. The number of rotatable bonds is 8. The zero-order chi connectivity index (χ0) is 27.2. The van der Waals surface area contributed by atoms with E-state index in [0.29, 0.717) is 38.5 Å². The molecule has 2 N–H and O–H groups in total. The summed E-state index contributed by atoms with van der Waals surface area (Å²) < 4.78 is 5.27. The highest BCUT2D eigenvalue weighted by Crippen LogP contribution is 2.31. The third-order valence-electron chi connectivity index (χ3n) is 5.66. The van der Waals surface area contributed by atoms with Gasteiger partial charge < -0.3 is 15.0 Å². The molecule has 0 spiro atoms. The Kier molecular flexibility index (Phi) is 7.82. The van der Waals surface area contributed by atoms with Crippen molar-refractivity contribution in [3.63, 3.8) is 0 Å². The SMILES string of the molecule is [C-]#[N+]c1c(-c2cccc(OC)c2)nc(SCc2ccc(NC(=O)c3ccc(-c4ccccn4)s3)cc2)[nH]c1=O. The lowest BCUT2D eigenvalue weighted by molar-refractivity contribution is 0.103. The van der Waals surface area contributed by atoms with E-state index in [0.717, 1.165) is 16.1 Å². The summed E-state index contributed by atoms with van der Waals surface area (Å²) in [5.74, 6) is 0.959. The standard InChI is InChI=1S/C29H21N5O3S2/c1-30-26-25(19-6-5-7-21(16-19)37-2)33-29(34-28(26)36)38-17-18-9-11-20(12-10-18)32-27(35)24-14-13-23(39-24)22-8-3-4-15-31-22/h3-16H,17H2,2H3,(H,32,35)(H,33,34,36). The second-order valence-electron chi connectivity index (χ2n) is 8.23. The van der Waals surface area contributed by atoms with Crippen molar-refractivity contribution in [2.45, 2.75) is 10.9 Å². The number of aromatic amines is 1. The highest BCUT2D eigenvalue weighted by molar-refractivity contribution is 7.98. The number of nitrogens with one attached hydrogen (secondary N) is 2. The molecule has 3 heterocycles. The summed E-state index contributed by atoms with van der Waals surface area (Å²) in [6.07, 6.45) is 1.73. The number of thiophene rings is 1. The number of hydrogen-bond acceptors (Lipinski definition) is 7. The molecule has 10 heteroatoms. The maximum absolute atomic E-state index is 12.7. The summed E-state index contributed by atoms with van der Waals surface area (Å²) in [4.78, 5) is 41.8. The molecule has 8 nitrogen and oxygen atoms in total. The van der Waals surface area contributed by atoms with E-state index in [1.165, 1.54) is 23.1 Å². The largest absolute Gasteiger partial charge is 0.497 e. The first-order valence-corrected chi connectivity index (χ1v) is 13.5. The molecular weight excluding hydrogens is 530 g/mol. The van der Waals surface area contributed by atoms with Crippen molar-refractivity contribution in [2.75, 3.05) is 12.4 Å². The molecule has 192 valence electrons. The van der Waals surface area contributed by atoms with Crippen LogP contribution in [0.3, 0.4) is 0 Å². The number of carbonyl (C=O) groups excluding carboxylic acids is 1. The fourth-order valence-electron chi connectivity index (χ4n) is 3.72. The molecule has 0 unspecified atom stereocenters. The highest BCUT2D eigenvalue weighted by Gasteiger charge is 2.15. The van der Waals surface area contributed by atoms with Gasteiger partial charge in [-0.2, -0.15) is 0 Å². The topological polar surface area (TPSA) is 101 Å². The van der Waals surface area contributed by atoms with Crippen LogP contribution in [0.4, 0.5) is 11.4 Å². The minimum absolute atomic E-state index is 0.0643. The van der Waals surface area contributed by atoms with Crippen molar-refractivity contribution in [2.24, 2.45) is 0 Å². The molecule has 0 radical (unpaired) electrons. The van der Waals surface area contributed by atoms with Crippen LogP contribution in [0.15, 0.2) is 95.0 Å². The number of ether oxygens (including phenoxy) is 1. The van der Waals surface area contributed by atoms with Gasteiger partial charge in [-0.3, -0.25) is 14.6 Å². The van der Waals surface area contributed by atoms with Gasteiger partial charge in [0, 0.05) is 17.6 Å². The van der Waals surface area contributed by atoms with Gasteiger partial charge in [-0.15, -0.1) is 11.3 Å². The Morgan fingerprint density at radius 2 is 1.95 bits per heavy atom. The van der Waals surface area contributed by atoms with Gasteiger partial charge >= 0.3 is 0 Å². The van der Waals surface area contributed by atoms with Crippen LogP contribution in [0.5, 0.6) is 5.75 Å². The van der Waals surface area contributed by atoms with Crippen molar-refractivity contribution in [1.29, 1.82) is 0 Å². The number of aromatic nitrogens is 3. The lowest BCUT2D eigenvalue weighted by Crippen LogP contribution is -2.10. The van der Waals surface area contributed by atoms with Gasteiger partial charge in [0.25, 0.3) is 17.2 Å². The Hall–Kier alpha value is -4.72. The molecular formula is C29H21N5O3S2. The van der Waals surface area contributed by atoms with Gasteiger partial charge in [-0.05, 0) is 59.7 Å². The first-order valence-electron chi connectivity index (χ1n) is 11.7. The molecule has 0 aliphatic heterocycles. The summed E-state index contributed by atoms with van der Waals surface area (Å²) in [6, 6.07) is 24.0. The number of amides is 1. The van der Waals surface area contributed by atoms with Crippen LogP contribution in [0.25, 0.3) is 26.7 Å². The number of nitrogens with zero attached hydrogens (tertiary/aromatic N) is 3. The van der Waals surface area contributed by atoms with Crippen molar-refractivity contribution >= 4 is 40.4 Å². The van der Waals surface area contributed by atoms with Gasteiger partial charge in [-0.1, -0.05) is 42.1 Å². The maximum Gasteiger partial charge on any atom is 0.276 e. The van der Waals surface area contributed by atoms with E-state index in [2.05, 4.69) is 25.1 Å². The first-order chi connectivity index (χ1) is 19.0. The van der Waals surface area contributed by atoms with Gasteiger partial charge in [0.15, 0.2) is 5.16 Å². The summed E-state index contributed by atoms with van der Waals surface area (Å²) in [5.41, 5.74) is 2.88. The molecule has 0 bridgehead atoms. The normalized spacial score (nSPS) is 10.6. The molecule has 3 aromatic heterocycles. The van der Waals surface area contributed by atoms with Crippen molar-refractivity contribution in [1.82, 2.24) is 15.0 Å². The fraction of sp³-hybridized carbons (Fsp3) is 0.0690. The van der Waals surface area contributed by atoms with Crippen molar-refractivity contribution in [3.05, 3.63) is 117 Å². The van der Waals surface area contributed by atoms with Crippen LogP contribution >= 0.6 is 23.1 Å². The summed E-state index contributed by atoms with van der Waals surface area (Å²) >= 11 is 2.74. The number of anilines is 1. The van der Waals surface area contributed by atoms with Gasteiger partial charge in [-0.25, -0.2) is 9.83 Å². The van der Waals surface area contributed by atoms with Gasteiger partial charge in [0.2, 0.25) is 0 Å². The minimum atomic E-state index is -0.488. The van der Waals surface area contributed by atoms with Crippen molar-refractivity contribution < 1.29 is 9.53 Å². The first kappa shape index (κ1) is 25.9. The number of hydrogen-bond donors (Lipinski definition) is 2. The van der Waals surface area contributed by atoms with E-state index in [4.69, 9.17) is 11.3 Å². The molecule has 0 saturated heterocycles. The highest BCUT2D eigenvalue weighted by atomic mass is 32.2. The number of H-pyrrole nitrogens is 1. The van der Waals surface area contributed by atoms with E-state index in [9.17, 15) is 9.59 Å². The average molecular weight is 552 g/mol. The van der Waals surface area contributed by atoms with Gasteiger partial charge in [0.1, 0.15) is 5.75 Å². The quantitative estimate of drug-likeness (QED) is 0.127. The molecule has 0 aliphatic rings. The maximum atomic E-state index is 12.7. The van der Waals surface area contributed by atoms with Crippen LogP contribution in [0, 0.1) is 6.57 Å². The van der Waals surface area contributed by atoms with Crippen LogP contribution < -0.4 is 15.6 Å². The predicted octanol–water partition coefficient (Wildman–Crippen LogP) is 6.66. The van der Waals surface area contributed by atoms with Crippen LogP contribution in [0.1, 0.15) is 15.2 Å². The summed E-state index contributed by atoms with van der Waals surface area (Å²) in [6.45, 7) is 7.44. The lowest BCUT2D eigenvalue weighted by atomic mass is 10.1. The van der Waals surface area contributed by atoms with Crippen molar-refractivity contribution in [3.8, 4) is 27.6 Å². The van der Waals surface area contributed by atoms with E-state index in [1.807, 2.05) is 48.5 Å². The molecule has 0 saturated carbocycles. The number of benzene rings is 2. The van der Waals surface area contributed by atoms with Crippen LogP contribution in [-0.2, 0) is 5.75 Å². The Bertz CT molecular complexity index is 1720. The number of methoxy groups -OCH3 is 1. The Morgan fingerprint density at radius 3 is 2.69 bits per heavy atom. The lowest BCUT2D eigenvalue weighted by Gasteiger charge is -2.09. The van der Waals surface area contributed by atoms with E-state index >= 15 is 0 Å². The molecule has 0 aliphatic carbocycles. The zero-order valence-electron chi connectivity index (χ0n) is 20.7. The third kappa shape index (κ3) is 6.06. The molecule has 2 aromatic carbocycles. The molecule has 1 amide bonds. The predicted molar refractivity (Wildman–Crippen MR) is 155 cm³/mol. The summed E-state index contributed by atoms with van der Waals surface area (Å²) in [5, 5.41) is 3.33. The zero-order valence-corrected chi connectivity index (χ0v) is 22.3. The van der Waals surface area contributed by atoms with Crippen LogP contribution in [0.2, 0.25) is 0 Å².